The van der Waals surface area contributed by atoms with Crippen molar-refractivity contribution in [1.29, 1.82) is 0 Å². The molecule has 60 valence electrons. The van der Waals surface area contributed by atoms with Gasteiger partial charge in [0.15, 0.2) is 0 Å². The Bertz CT molecular complexity index is 251. The molecule has 0 bridgehead atoms. The van der Waals surface area contributed by atoms with E-state index in [4.69, 9.17) is 15.8 Å². The fourth-order valence-corrected chi connectivity index (χ4v) is 0.701. The second kappa shape index (κ2) is 5.45. The Morgan fingerprint density at radius 1 is 1.33 bits per heavy atom. The predicted octanol–water partition coefficient (Wildman–Crippen LogP) is -3.27. The second-order valence-corrected chi connectivity index (χ2v) is 1.98. The Kier molecular flexibility index (Phi) is 5.36. The molecule has 1 aromatic carbocycles. The molecule has 1 aromatic rings. The molecule has 6 heteroatoms. The van der Waals surface area contributed by atoms with E-state index in [9.17, 15) is 0 Å². The number of nitrogens with two attached hydrogens (primary N) is 1. The van der Waals surface area contributed by atoms with Gasteiger partial charge < -0.3 is 21.9 Å². The number of hydrogen-bond donors (Lipinski definition) is 3. The third-order valence-electron chi connectivity index (χ3n) is 1.15. The summed E-state index contributed by atoms with van der Waals surface area (Å²) in [6, 6.07) is 6.58. The molecular formula is C6H9BNNaO3. The molecule has 12 heavy (non-hydrogen) atoms. The van der Waals surface area contributed by atoms with Crippen molar-refractivity contribution in [3.8, 4) is 5.75 Å². The van der Waals surface area contributed by atoms with Crippen LogP contribution in [0.2, 0.25) is 0 Å². The Labute approximate surface area is 94.3 Å². The number of rotatable bonds is 2. The second-order valence-electron chi connectivity index (χ2n) is 1.98. The first-order valence-electron chi connectivity index (χ1n) is 3.07. The van der Waals surface area contributed by atoms with E-state index in [1.54, 1.807) is 24.3 Å². The third-order valence-corrected chi connectivity index (χ3v) is 1.15. The SMILES string of the molecule is Nc1ccccc1OB(O)O.[H-].[Na+]. The molecule has 0 unspecified atom stereocenters. The van der Waals surface area contributed by atoms with Crippen molar-refractivity contribution < 1.29 is 45.7 Å². The van der Waals surface area contributed by atoms with Gasteiger partial charge in [-0.25, -0.2) is 0 Å². The normalized spacial score (nSPS) is 8.50. The van der Waals surface area contributed by atoms with E-state index in [1.807, 2.05) is 0 Å². The van der Waals surface area contributed by atoms with Crippen molar-refractivity contribution in [1.82, 2.24) is 0 Å². The van der Waals surface area contributed by atoms with Crippen LogP contribution >= 0.6 is 0 Å². The summed E-state index contributed by atoms with van der Waals surface area (Å²) in [7, 11) is -1.82. The molecule has 0 aliphatic heterocycles. The predicted molar refractivity (Wildman–Crippen MR) is 42.8 cm³/mol. The van der Waals surface area contributed by atoms with Gasteiger partial charge in [-0.3, -0.25) is 0 Å². The topological polar surface area (TPSA) is 75.7 Å². The van der Waals surface area contributed by atoms with Gasteiger partial charge in [-0.05, 0) is 12.1 Å². The van der Waals surface area contributed by atoms with Gasteiger partial charge >= 0.3 is 36.9 Å². The zero-order chi connectivity index (χ0) is 8.27. The Morgan fingerprint density at radius 2 is 1.92 bits per heavy atom. The van der Waals surface area contributed by atoms with Crippen molar-refractivity contribution in [3.05, 3.63) is 24.3 Å². The summed E-state index contributed by atoms with van der Waals surface area (Å²) in [6.07, 6.45) is 0. The van der Waals surface area contributed by atoms with E-state index in [-0.39, 0.29) is 36.7 Å². The number of anilines is 1. The Morgan fingerprint density at radius 3 is 2.42 bits per heavy atom. The molecule has 0 atom stereocenters. The van der Waals surface area contributed by atoms with E-state index >= 15 is 0 Å². The Balaban J connectivity index is 0. The van der Waals surface area contributed by atoms with Crippen molar-refractivity contribution in [2.75, 3.05) is 5.73 Å². The summed E-state index contributed by atoms with van der Waals surface area (Å²) < 4.78 is 4.53. The molecule has 0 fully saturated rings. The summed E-state index contributed by atoms with van der Waals surface area (Å²) in [6.45, 7) is 0. The summed E-state index contributed by atoms with van der Waals surface area (Å²) >= 11 is 0. The minimum atomic E-state index is -1.82. The zero-order valence-corrected chi connectivity index (χ0v) is 8.77. The third kappa shape index (κ3) is 3.47. The van der Waals surface area contributed by atoms with E-state index in [1.165, 1.54) is 0 Å². The summed E-state index contributed by atoms with van der Waals surface area (Å²) in [4.78, 5) is 0. The zero-order valence-electron chi connectivity index (χ0n) is 7.77. The van der Waals surface area contributed by atoms with E-state index in [0.717, 1.165) is 0 Å². The van der Waals surface area contributed by atoms with Crippen molar-refractivity contribution >= 4 is 13.0 Å². The maximum absolute atomic E-state index is 8.41. The van der Waals surface area contributed by atoms with Crippen LogP contribution in [0.1, 0.15) is 1.43 Å². The number of benzene rings is 1. The van der Waals surface area contributed by atoms with Gasteiger partial charge in [0, 0.05) is 0 Å². The average Bonchev–Trinajstić information content (AvgIpc) is 1.93. The first-order chi connectivity index (χ1) is 5.20. The number of para-hydroxylation sites is 2. The quantitative estimate of drug-likeness (QED) is 0.327. The first kappa shape index (κ1) is 11.8. The van der Waals surface area contributed by atoms with Crippen LogP contribution in [0, 0.1) is 0 Å². The van der Waals surface area contributed by atoms with Crippen LogP contribution in [0.5, 0.6) is 5.75 Å². The van der Waals surface area contributed by atoms with Gasteiger partial charge in [-0.15, -0.1) is 0 Å². The van der Waals surface area contributed by atoms with Gasteiger partial charge in [-0.2, -0.15) is 0 Å². The summed E-state index contributed by atoms with van der Waals surface area (Å²) in [5, 5.41) is 16.8. The maximum atomic E-state index is 8.41. The fraction of sp³-hybridized carbons (Fsp3) is 0. The van der Waals surface area contributed by atoms with Crippen molar-refractivity contribution in [2.24, 2.45) is 0 Å². The number of hydrogen-bond acceptors (Lipinski definition) is 4. The molecule has 0 amide bonds. The smallest absolute Gasteiger partial charge is 1.00 e. The van der Waals surface area contributed by atoms with Crippen LogP contribution in [0.4, 0.5) is 5.69 Å². The van der Waals surface area contributed by atoms with E-state index in [0.29, 0.717) is 5.69 Å². The Hall–Kier alpha value is -0.195. The molecule has 0 saturated heterocycles. The molecular weight excluding hydrogens is 168 g/mol. The minimum Gasteiger partial charge on any atom is -1.00 e. The van der Waals surface area contributed by atoms with Gasteiger partial charge in [0.05, 0.1) is 5.69 Å². The first-order valence-corrected chi connectivity index (χ1v) is 3.07. The van der Waals surface area contributed by atoms with Crippen LogP contribution in [0.3, 0.4) is 0 Å². The van der Waals surface area contributed by atoms with Gasteiger partial charge in [0.25, 0.3) is 0 Å². The molecule has 0 heterocycles. The minimum absolute atomic E-state index is 0. The molecule has 4 N–H and O–H groups in total. The molecule has 0 radical (unpaired) electrons. The largest absolute Gasteiger partial charge is 1.00 e. The van der Waals surface area contributed by atoms with Crippen LogP contribution in [-0.4, -0.2) is 17.4 Å². The summed E-state index contributed by atoms with van der Waals surface area (Å²) in [5.74, 6) is 0.266. The molecule has 0 saturated carbocycles. The average molecular weight is 177 g/mol. The summed E-state index contributed by atoms with van der Waals surface area (Å²) in [5.41, 5.74) is 5.80. The number of nitrogen functional groups attached to an aromatic ring is 1. The molecule has 1 rings (SSSR count). The standard InChI is InChI=1S/C6H8BNO3.Na.H/c8-5-3-1-2-4-6(5)11-7(9)10;;/h1-4,9-10H,8H2;;/q;+1;-1. The maximum Gasteiger partial charge on any atom is 1.00 e. The van der Waals surface area contributed by atoms with Crippen molar-refractivity contribution in [3.63, 3.8) is 0 Å². The monoisotopic (exact) mass is 177 g/mol. The van der Waals surface area contributed by atoms with Crippen molar-refractivity contribution in [2.45, 2.75) is 0 Å². The van der Waals surface area contributed by atoms with Gasteiger partial charge in [0.2, 0.25) is 0 Å². The fourth-order valence-electron chi connectivity index (χ4n) is 0.701. The molecule has 0 aliphatic rings. The molecule has 4 nitrogen and oxygen atoms in total. The van der Waals surface area contributed by atoms with Crippen LogP contribution in [0.15, 0.2) is 24.3 Å². The van der Waals surface area contributed by atoms with Gasteiger partial charge in [0.1, 0.15) is 5.75 Å². The molecule has 0 spiro atoms. The molecule has 0 aromatic heterocycles. The van der Waals surface area contributed by atoms with E-state index in [2.05, 4.69) is 4.65 Å². The van der Waals surface area contributed by atoms with Crippen LogP contribution in [0.25, 0.3) is 0 Å². The van der Waals surface area contributed by atoms with Crippen LogP contribution < -0.4 is 39.9 Å². The van der Waals surface area contributed by atoms with E-state index < -0.39 is 7.32 Å². The van der Waals surface area contributed by atoms with Crippen LogP contribution in [-0.2, 0) is 0 Å². The molecule has 0 aliphatic carbocycles. The van der Waals surface area contributed by atoms with Gasteiger partial charge in [-0.1, -0.05) is 12.1 Å².